The molecule has 5 nitrogen and oxygen atoms in total. The number of ketones is 1. The Balaban J connectivity index is 2.09. The molecule has 1 aromatic carbocycles. The molecule has 1 aliphatic rings. The number of Topliss-reactive ketones (excluding diaryl/α,β-unsaturated/α-hetero) is 1. The molecule has 20 heavy (non-hydrogen) atoms. The highest BCUT2D eigenvalue weighted by molar-refractivity contribution is 6.52. The number of carbonyl (C=O) groups is 2. The molecule has 0 radical (unpaired) electrons. The zero-order valence-electron chi connectivity index (χ0n) is 11.1. The van der Waals surface area contributed by atoms with E-state index in [1.165, 1.54) is 11.0 Å². The molecule has 0 spiro atoms. The normalized spacial score (nSPS) is 14.1. The fourth-order valence-corrected chi connectivity index (χ4v) is 2.45. The van der Waals surface area contributed by atoms with Crippen molar-refractivity contribution in [3.05, 3.63) is 47.3 Å². The van der Waals surface area contributed by atoms with Crippen LogP contribution in [0.25, 0.3) is 0 Å². The van der Waals surface area contributed by atoms with Crippen molar-refractivity contribution in [3.63, 3.8) is 0 Å². The van der Waals surface area contributed by atoms with Crippen molar-refractivity contribution in [3.8, 4) is 0 Å². The average molecular weight is 273 g/mol. The molecule has 102 valence electrons. The highest BCUT2D eigenvalue weighted by atomic mass is 19.1. The van der Waals surface area contributed by atoms with Gasteiger partial charge in [0.2, 0.25) is 0 Å². The number of fused-ring (bicyclic) bond motifs is 1. The van der Waals surface area contributed by atoms with Gasteiger partial charge in [0.25, 0.3) is 11.7 Å². The van der Waals surface area contributed by atoms with E-state index in [0.717, 1.165) is 6.07 Å². The molecule has 0 N–H and O–H groups in total. The lowest BCUT2D eigenvalue weighted by atomic mass is 10.1. The van der Waals surface area contributed by atoms with E-state index >= 15 is 0 Å². The van der Waals surface area contributed by atoms with Gasteiger partial charge in [-0.1, -0.05) is 0 Å². The molecule has 0 saturated heterocycles. The number of aryl methyl sites for hydroxylation is 2. The summed E-state index contributed by atoms with van der Waals surface area (Å²) in [6.45, 7) is 1.87. The molecule has 1 aliphatic heterocycles. The van der Waals surface area contributed by atoms with Gasteiger partial charge in [-0.15, -0.1) is 0 Å². The maximum absolute atomic E-state index is 13.4. The number of imidazole rings is 1. The van der Waals surface area contributed by atoms with Gasteiger partial charge < -0.3 is 4.57 Å². The second kappa shape index (κ2) is 4.26. The number of nitrogens with zero attached hydrogens (tertiary/aromatic N) is 3. The second-order valence-electron chi connectivity index (χ2n) is 4.79. The summed E-state index contributed by atoms with van der Waals surface area (Å²) in [6.07, 6.45) is 3.38. The predicted molar refractivity (Wildman–Crippen MR) is 69.9 cm³/mol. The summed E-state index contributed by atoms with van der Waals surface area (Å²) in [5.74, 6) is -1.17. The van der Waals surface area contributed by atoms with Crippen molar-refractivity contribution in [1.29, 1.82) is 0 Å². The number of benzene rings is 1. The molecular weight excluding hydrogens is 261 g/mol. The lowest BCUT2D eigenvalue weighted by molar-refractivity contribution is -0.114. The largest absolute Gasteiger partial charge is 0.337 e. The van der Waals surface area contributed by atoms with E-state index in [9.17, 15) is 14.0 Å². The van der Waals surface area contributed by atoms with Gasteiger partial charge in [-0.05, 0) is 24.6 Å². The molecule has 0 saturated carbocycles. The van der Waals surface area contributed by atoms with Crippen LogP contribution >= 0.6 is 0 Å². The van der Waals surface area contributed by atoms with Crippen molar-refractivity contribution >= 4 is 17.4 Å². The van der Waals surface area contributed by atoms with E-state index in [-0.39, 0.29) is 12.1 Å². The lowest BCUT2D eigenvalue weighted by Gasteiger charge is -2.18. The third-order valence-corrected chi connectivity index (χ3v) is 3.44. The number of hydrogen-bond donors (Lipinski definition) is 0. The molecule has 0 unspecified atom stereocenters. The Kier molecular flexibility index (Phi) is 2.67. The van der Waals surface area contributed by atoms with Gasteiger partial charge in [0.1, 0.15) is 11.6 Å². The van der Waals surface area contributed by atoms with Gasteiger partial charge in [0, 0.05) is 19.4 Å². The number of halogens is 1. The summed E-state index contributed by atoms with van der Waals surface area (Å²) in [5, 5.41) is 0. The molecule has 2 aromatic rings. The van der Waals surface area contributed by atoms with Crippen LogP contribution in [-0.4, -0.2) is 21.2 Å². The van der Waals surface area contributed by atoms with Crippen molar-refractivity contribution in [1.82, 2.24) is 9.55 Å². The van der Waals surface area contributed by atoms with Gasteiger partial charge in [-0.25, -0.2) is 9.37 Å². The first-order chi connectivity index (χ1) is 9.49. The number of rotatable bonds is 2. The fourth-order valence-electron chi connectivity index (χ4n) is 2.45. The Morgan fingerprint density at radius 1 is 1.30 bits per heavy atom. The van der Waals surface area contributed by atoms with Crippen molar-refractivity contribution in [2.24, 2.45) is 7.05 Å². The molecule has 0 aliphatic carbocycles. The Bertz CT molecular complexity index is 736. The lowest BCUT2D eigenvalue weighted by Crippen LogP contribution is -2.30. The van der Waals surface area contributed by atoms with Crippen LogP contribution in [0.5, 0.6) is 0 Å². The number of amides is 1. The van der Waals surface area contributed by atoms with Crippen molar-refractivity contribution in [2.75, 3.05) is 4.90 Å². The van der Waals surface area contributed by atoms with Gasteiger partial charge in [-0.2, -0.15) is 0 Å². The number of carbonyl (C=O) groups excluding carboxylic acids is 2. The Morgan fingerprint density at radius 2 is 2.05 bits per heavy atom. The van der Waals surface area contributed by atoms with Gasteiger partial charge >= 0.3 is 0 Å². The summed E-state index contributed by atoms with van der Waals surface area (Å²) >= 11 is 0. The Morgan fingerprint density at radius 3 is 2.70 bits per heavy atom. The molecule has 0 bridgehead atoms. The topological polar surface area (TPSA) is 55.2 Å². The second-order valence-corrected chi connectivity index (χ2v) is 4.79. The summed E-state index contributed by atoms with van der Waals surface area (Å²) < 4.78 is 15.2. The Labute approximate surface area is 114 Å². The van der Waals surface area contributed by atoms with Crippen LogP contribution in [-0.2, 0) is 18.4 Å². The van der Waals surface area contributed by atoms with E-state index in [1.54, 1.807) is 23.9 Å². The van der Waals surface area contributed by atoms with E-state index in [4.69, 9.17) is 0 Å². The van der Waals surface area contributed by atoms with Crippen LogP contribution < -0.4 is 4.90 Å². The third-order valence-electron chi connectivity index (χ3n) is 3.44. The molecule has 1 amide bonds. The quantitative estimate of drug-likeness (QED) is 0.781. The summed E-state index contributed by atoms with van der Waals surface area (Å²) in [5.41, 5.74) is 1.17. The number of hydrogen-bond acceptors (Lipinski definition) is 3. The summed E-state index contributed by atoms with van der Waals surface area (Å²) in [4.78, 5) is 29.5. The minimum absolute atomic E-state index is 0.127. The van der Waals surface area contributed by atoms with E-state index in [2.05, 4.69) is 4.98 Å². The van der Waals surface area contributed by atoms with Gasteiger partial charge in [0.05, 0.1) is 17.8 Å². The monoisotopic (exact) mass is 273 g/mol. The van der Waals surface area contributed by atoms with Gasteiger partial charge in [-0.3, -0.25) is 14.5 Å². The minimum Gasteiger partial charge on any atom is -0.337 e. The smallest absolute Gasteiger partial charge is 0.299 e. The Hall–Kier alpha value is -2.50. The summed E-state index contributed by atoms with van der Waals surface area (Å²) in [7, 11) is 1.81. The van der Waals surface area contributed by atoms with Gasteiger partial charge in [0.15, 0.2) is 0 Å². The molecule has 1 aromatic heterocycles. The first-order valence-corrected chi connectivity index (χ1v) is 6.11. The highest BCUT2D eigenvalue weighted by Crippen LogP contribution is 2.34. The SMILES string of the molecule is Cc1cc(F)cc2c1N(Cc1nccn1C)C(=O)C2=O. The molecule has 0 atom stereocenters. The van der Waals surface area contributed by atoms with E-state index in [0.29, 0.717) is 17.1 Å². The van der Waals surface area contributed by atoms with Crippen LogP contribution in [0.3, 0.4) is 0 Å². The standard InChI is InChI=1S/C14H12FN3O2/c1-8-5-9(15)6-10-12(8)18(14(20)13(10)19)7-11-16-3-4-17(11)2/h3-6H,7H2,1-2H3. The summed E-state index contributed by atoms with van der Waals surface area (Å²) in [6, 6.07) is 2.43. The zero-order chi connectivity index (χ0) is 14.4. The predicted octanol–water partition coefficient (Wildman–Crippen LogP) is 1.60. The van der Waals surface area contributed by atoms with Crippen LogP contribution in [0.1, 0.15) is 21.7 Å². The molecule has 3 rings (SSSR count). The first kappa shape index (κ1) is 12.5. The molecular formula is C14H12FN3O2. The van der Waals surface area contributed by atoms with Crippen LogP contribution in [0.4, 0.5) is 10.1 Å². The fraction of sp³-hybridized carbons (Fsp3) is 0.214. The zero-order valence-corrected chi connectivity index (χ0v) is 11.1. The first-order valence-electron chi connectivity index (χ1n) is 6.11. The molecule has 6 heteroatoms. The van der Waals surface area contributed by atoms with Crippen LogP contribution in [0, 0.1) is 12.7 Å². The van der Waals surface area contributed by atoms with Crippen LogP contribution in [0.15, 0.2) is 24.5 Å². The van der Waals surface area contributed by atoms with E-state index < -0.39 is 17.5 Å². The minimum atomic E-state index is -0.670. The highest BCUT2D eigenvalue weighted by Gasteiger charge is 2.37. The van der Waals surface area contributed by atoms with Crippen LogP contribution in [0.2, 0.25) is 0 Å². The van der Waals surface area contributed by atoms with Crippen molar-refractivity contribution in [2.45, 2.75) is 13.5 Å². The maximum Gasteiger partial charge on any atom is 0.299 e. The maximum atomic E-state index is 13.4. The van der Waals surface area contributed by atoms with Crippen molar-refractivity contribution < 1.29 is 14.0 Å². The molecule has 2 heterocycles. The molecule has 0 fully saturated rings. The number of aromatic nitrogens is 2. The average Bonchev–Trinajstić information content (AvgIpc) is 2.88. The third kappa shape index (κ3) is 1.72. The number of anilines is 1. The van der Waals surface area contributed by atoms with E-state index in [1.807, 2.05) is 7.05 Å².